The number of piperidine rings is 1. The van der Waals surface area contributed by atoms with Crippen LogP contribution in [0.15, 0.2) is 60.2 Å². The number of aromatic nitrogens is 1. The maximum absolute atomic E-state index is 13.0. The highest BCUT2D eigenvalue weighted by Gasteiger charge is 2.42. The molecule has 0 radical (unpaired) electrons. The van der Waals surface area contributed by atoms with Crippen LogP contribution in [0.5, 0.6) is 0 Å². The summed E-state index contributed by atoms with van der Waals surface area (Å²) >= 11 is 1.61. The quantitative estimate of drug-likeness (QED) is 0.299. The molecule has 0 bridgehead atoms. The number of imide groups is 1. The Morgan fingerprint density at radius 3 is 2.61 bits per heavy atom. The fourth-order valence-corrected chi connectivity index (χ4v) is 5.82. The molecule has 0 spiro atoms. The molecule has 4 aromatic rings. The fourth-order valence-electron chi connectivity index (χ4n) is 4.73. The molecule has 1 fully saturated rings. The van der Waals surface area contributed by atoms with Gasteiger partial charge in [0.15, 0.2) is 0 Å². The van der Waals surface area contributed by atoms with Crippen molar-refractivity contribution in [2.75, 3.05) is 6.54 Å². The van der Waals surface area contributed by atoms with Gasteiger partial charge in [-0.3, -0.25) is 14.5 Å². The normalized spacial score (nSPS) is 20.2. The molecule has 5 nitrogen and oxygen atoms in total. The molecule has 0 aliphatic carbocycles. The van der Waals surface area contributed by atoms with E-state index in [9.17, 15) is 14.9 Å². The molecule has 1 aliphatic rings. The molecular formula is C27H23N3O2S. The number of carbonyl (C=O) groups is 2. The van der Waals surface area contributed by atoms with Crippen molar-refractivity contribution in [1.82, 2.24) is 9.47 Å². The van der Waals surface area contributed by atoms with Crippen molar-refractivity contribution in [2.45, 2.75) is 13.8 Å². The van der Waals surface area contributed by atoms with Crippen molar-refractivity contribution >= 4 is 50.2 Å². The SMILES string of the molecule is CCN1C(=O)/C(=C\c2cc3c(cc(-c4cccc5ccccc45)n3C)s2)C(C)C(C#N)C1=O. The van der Waals surface area contributed by atoms with Gasteiger partial charge in [-0.15, -0.1) is 11.3 Å². The average molecular weight is 454 g/mol. The summed E-state index contributed by atoms with van der Waals surface area (Å²) in [5, 5.41) is 11.9. The number of thiophene rings is 1. The average Bonchev–Trinajstić information content (AvgIpc) is 3.35. The second-order valence-electron chi connectivity index (χ2n) is 8.40. The number of nitriles is 1. The molecule has 2 amide bonds. The fraction of sp³-hybridized carbons (Fsp3) is 0.222. The Morgan fingerprint density at radius 1 is 1.12 bits per heavy atom. The van der Waals surface area contributed by atoms with Crippen LogP contribution in [-0.4, -0.2) is 27.8 Å². The molecule has 164 valence electrons. The Bertz CT molecular complexity index is 1500. The molecule has 1 saturated heterocycles. The van der Waals surface area contributed by atoms with Crippen LogP contribution in [0.2, 0.25) is 0 Å². The van der Waals surface area contributed by atoms with E-state index in [1.54, 1.807) is 25.2 Å². The van der Waals surface area contributed by atoms with Crippen LogP contribution in [0.3, 0.4) is 0 Å². The molecule has 6 heteroatoms. The van der Waals surface area contributed by atoms with E-state index in [4.69, 9.17) is 0 Å². The van der Waals surface area contributed by atoms with Gasteiger partial charge in [0, 0.05) is 35.5 Å². The van der Waals surface area contributed by atoms with Crippen molar-refractivity contribution in [2.24, 2.45) is 18.9 Å². The number of likely N-dealkylation sites (N-methyl/N-ethyl adjacent to an activating group) is 1. The first-order valence-electron chi connectivity index (χ1n) is 11.0. The second kappa shape index (κ2) is 8.02. The Labute approximate surface area is 196 Å². The molecular weight excluding hydrogens is 430 g/mol. The molecule has 2 aromatic heterocycles. The molecule has 0 saturated carbocycles. The minimum Gasteiger partial charge on any atom is -0.343 e. The van der Waals surface area contributed by atoms with Gasteiger partial charge in [-0.1, -0.05) is 49.4 Å². The largest absolute Gasteiger partial charge is 0.343 e. The highest BCUT2D eigenvalue weighted by atomic mass is 32.1. The first kappa shape index (κ1) is 21.2. The minimum atomic E-state index is -0.832. The number of nitrogens with zero attached hydrogens (tertiary/aromatic N) is 3. The Hall–Kier alpha value is -3.69. The van der Waals surface area contributed by atoms with Gasteiger partial charge in [-0.25, -0.2) is 0 Å². The van der Waals surface area contributed by atoms with E-state index in [1.165, 1.54) is 21.2 Å². The standard InChI is InChI=1S/C27H23N3O2S/c1-4-30-26(31)21(16(2)22(15-28)27(30)32)12-18-13-24-25(33-18)14-23(29(24)3)20-11-7-9-17-8-5-6-10-19(17)20/h5-14,16,22H,4H2,1-3H3/b21-12-. The second-order valence-corrected chi connectivity index (χ2v) is 9.51. The molecule has 5 rings (SSSR count). The summed E-state index contributed by atoms with van der Waals surface area (Å²) in [5.74, 6) is -1.96. The van der Waals surface area contributed by atoms with Crippen molar-refractivity contribution in [1.29, 1.82) is 5.26 Å². The zero-order chi connectivity index (χ0) is 23.3. The zero-order valence-corrected chi connectivity index (χ0v) is 19.5. The monoisotopic (exact) mass is 453 g/mol. The van der Waals surface area contributed by atoms with Crippen molar-refractivity contribution in [3.63, 3.8) is 0 Å². The van der Waals surface area contributed by atoms with Crippen LogP contribution >= 0.6 is 11.3 Å². The zero-order valence-electron chi connectivity index (χ0n) is 18.7. The number of fused-ring (bicyclic) bond motifs is 2. The summed E-state index contributed by atoms with van der Waals surface area (Å²) < 4.78 is 3.31. The van der Waals surface area contributed by atoms with Crippen LogP contribution in [0.25, 0.3) is 38.3 Å². The van der Waals surface area contributed by atoms with E-state index in [0.717, 1.165) is 20.8 Å². The molecule has 0 N–H and O–H groups in total. The number of carbonyl (C=O) groups excluding carboxylic acids is 2. The summed E-state index contributed by atoms with van der Waals surface area (Å²) in [7, 11) is 2.06. The van der Waals surface area contributed by atoms with E-state index in [0.29, 0.717) is 5.57 Å². The number of aryl methyl sites for hydroxylation is 1. The third kappa shape index (κ3) is 3.28. The molecule has 2 unspecified atom stereocenters. The molecule has 2 atom stereocenters. The predicted molar refractivity (Wildman–Crippen MR) is 132 cm³/mol. The van der Waals surface area contributed by atoms with Gasteiger partial charge in [0.1, 0.15) is 5.92 Å². The van der Waals surface area contributed by atoms with Crippen molar-refractivity contribution in [3.8, 4) is 17.3 Å². The molecule has 1 aliphatic heterocycles. The molecule has 33 heavy (non-hydrogen) atoms. The summed E-state index contributed by atoms with van der Waals surface area (Å²) in [6.45, 7) is 3.81. The van der Waals surface area contributed by atoms with Gasteiger partial charge in [0.05, 0.1) is 22.0 Å². The summed E-state index contributed by atoms with van der Waals surface area (Å²) in [4.78, 5) is 27.6. The maximum atomic E-state index is 13.0. The Balaban J connectivity index is 1.58. The van der Waals surface area contributed by atoms with Crippen LogP contribution in [0, 0.1) is 23.2 Å². The lowest BCUT2D eigenvalue weighted by molar-refractivity contribution is -0.147. The summed E-state index contributed by atoms with van der Waals surface area (Å²) in [6.07, 6.45) is 1.86. The summed E-state index contributed by atoms with van der Waals surface area (Å²) in [6, 6.07) is 21.1. The van der Waals surface area contributed by atoms with Gasteiger partial charge in [0.2, 0.25) is 5.91 Å². The van der Waals surface area contributed by atoms with Gasteiger partial charge in [-0.2, -0.15) is 5.26 Å². The number of likely N-dealkylation sites (tertiary alicyclic amines) is 1. The molecule has 2 aromatic carbocycles. The van der Waals surface area contributed by atoms with E-state index in [-0.39, 0.29) is 12.5 Å². The Kier molecular flexibility index (Phi) is 5.15. The number of hydrogen-bond donors (Lipinski definition) is 0. The molecule has 3 heterocycles. The predicted octanol–water partition coefficient (Wildman–Crippen LogP) is 5.61. The maximum Gasteiger partial charge on any atom is 0.256 e. The lowest BCUT2D eigenvalue weighted by Gasteiger charge is -2.32. The topological polar surface area (TPSA) is 66.1 Å². The van der Waals surface area contributed by atoms with E-state index in [2.05, 4.69) is 66.2 Å². The first-order valence-corrected chi connectivity index (χ1v) is 11.8. The number of amides is 2. The van der Waals surface area contributed by atoms with E-state index in [1.807, 2.05) is 12.1 Å². The van der Waals surface area contributed by atoms with Gasteiger partial charge in [0.25, 0.3) is 5.91 Å². The highest BCUT2D eigenvalue weighted by molar-refractivity contribution is 7.19. The highest BCUT2D eigenvalue weighted by Crippen LogP contribution is 2.38. The third-order valence-corrected chi connectivity index (χ3v) is 7.60. The van der Waals surface area contributed by atoms with Crippen LogP contribution in [0.4, 0.5) is 0 Å². The lowest BCUT2D eigenvalue weighted by atomic mass is 9.82. The van der Waals surface area contributed by atoms with Crippen LogP contribution < -0.4 is 0 Å². The van der Waals surface area contributed by atoms with Crippen LogP contribution in [0.1, 0.15) is 18.7 Å². The van der Waals surface area contributed by atoms with Gasteiger partial charge in [-0.05, 0) is 35.9 Å². The number of benzene rings is 2. The van der Waals surface area contributed by atoms with Gasteiger partial charge < -0.3 is 4.57 Å². The van der Waals surface area contributed by atoms with E-state index < -0.39 is 17.7 Å². The third-order valence-electron chi connectivity index (χ3n) is 6.58. The lowest BCUT2D eigenvalue weighted by Crippen LogP contribution is -2.49. The Morgan fingerprint density at radius 2 is 1.88 bits per heavy atom. The van der Waals surface area contributed by atoms with Crippen molar-refractivity contribution in [3.05, 3.63) is 65.0 Å². The number of rotatable bonds is 3. The van der Waals surface area contributed by atoms with Crippen molar-refractivity contribution < 1.29 is 9.59 Å². The van der Waals surface area contributed by atoms with Gasteiger partial charge >= 0.3 is 0 Å². The summed E-state index contributed by atoms with van der Waals surface area (Å²) in [5.41, 5.74) is 3.93. The number of hydrogen-bond acceptors (Lipinski definition) is 4. The smallest absolute Gasteiger partial charge is 0.256 e. The van der Waals surface area contributed by atoms with Crippen LogP contribution in [-0.2, 0) is 16.6 Å². The first-order chi connectivity index (χ1) is 15.9. The minimum absolute atomic E-state index is 0.265. The van der Waals surface area contributed by atoms with E-state index >= 15 is 0 Å².